The van der Waals surface area contributed by atoms with Crippen LogP contribution in [0.1, 0.15) is 51.9 Å². The van der Waals surface area contributed by atoms with E-state index in [4.69, 9.17) is 9.15 Å². The zero-order chi connectivity index (χ0) is 19.1. The van der Waals surface area contributed by atoms with Gasteiger partial charge in [0.05, 0.1) is 16.6 Å². The van der Waals surface area contributed by atoms with Crippen molar-refractivity contribution in [2.45, 2.75) is 65.1 Å². The van der Waals surface area contributed by atoms with Gasteiger partial charge in [0.2, 0.25) is 0 Å². The molecule has 5 heteroatoms. The Hall–Kier alpha value is -1.88. The number of hydrogen-bond donors (Lipinski definition) is 1. The Labute approximate surface area is 153 Å². The lowest BCUT2D eigenvalue weighted by Gasteiger charge is -2.64. The Kier molecular flexibility index (Phi) is 3.29. The van der Waals surface area contributed by atoms with Gasteiger partial charge in [-0.2, -0.15) is 0 Å². The number of carbonyl (C=O) groups is 1. The third-order valence-electron chi connectivity index (χ3n) is 7.39. The highest BCUT2D eigenvalue weighted by molar-refractivity contribution is 5.97. The van der Waals surface area contributed by atoms with E-state index in [1.54, 1.807) is 19.1 Å². The number of rotatable bonds is 0. The quantitative estimate of drug-likeness (QED) is 0.772. The molecule has 0 saturated heterocycles. The minimum Gasteiger partial charge on any atom is -0.487 e. The van der Waals surface area contributed by atoms with Crippen molar-refractivity contribution in [3.05, 3.63) is 40.0 Å². The van der Waals surface area contributed by atoms with Crippen molar-refractivity contribution in [2.24, 2.45) is 16.7 Å². The van der Waals surface area contributed by atoms with Crippen molar-refractivity contribution in [2.75, 3.05) is 0 Å². The predicted octanol–water partition coefficient (Wildman–Crippen LogP) is 2.95. The van der Waals surface area contributed by atoms with E-state index in [0.29, 0.717) is 36.3 Å². The fourth-order valence-corrected chi connectivity index (χ4v) is 5.61. The predicted molar refractivity (Wildman–Crippen MR) is 96.2 cm³/mol. The van der Waals surface area contributed by atoms with E-state index in [1.807, 2.05) is 33.8 Å². The Morgan fingerprint density at radius 2 is 1.85 bits per heavy atom. The lowest BCUT2D eigenvalue weighted by molar-refractivity contribution is -0.230. The van der Waals surface area contributed by atoms with Gasteiger partial charge in [-0.15, -0.1) is 0 Å². The number of ether oxygens (including phenoxy) is 1. The van der Waals surface area contributed by atoms with Crippen molar-refractivity contribution in [3.63, 3.8) is 0 Å². The van der Waals surface area contributed by atoms with Crippen molar-refractivity contribution < 1.29 is 19.1 Å². The van der Waals surface area contributed by atoms with Crippen LogP contribution in [0, 0.1) is 23.7 Å². The number of ketones is 1. The molecular weight excluding hydrogens is 332 g/mol. The van der Waals surface area contributed by atoms with Gasteiger partial charge in [-0.3, -0.25) is 4.79 Å². The fourth-order valence-electron chi connectivity index (χ4n) is 5.61. The fraction of sp³-hybridized carbons (Fsp3) is 0.619. The lowest BCUT2D eigenvalue weighted by atomic mass is 9.43. The van der Waals surface area contributed by atoms with Gasteiger partial charge in [0, 0.05) is 17.4 Å². The van der Waals surface area contributed by atoms with E-state index in [1.165, 1.54) is 0 Å². The van der Waals surface area contributed by atoms with Gasteiger partial charge in [-0.05, 0) is 46.1 Å². The summed E-state index contributed by atoms with van der Waals surface area (Å²) in [7, 11) is 0. The van der Waals surface area contributed by atoms with Crippen LogP contribution in [-0.2, 0) is 11.2 Å². The lowest BCUT2D eigenvalue weighted by Crippen LogP contribution is -2.72. The number of allylic oxidation sites excluding steroid dienone is 1. The highest BCUT2D eigenvalue weighted by Gasteiger charge is 2.70. The molecule has 5 nitrogen and oxygen atoms in total. The number of aliphatic hydroxyl groups is 1. The van der Waals surface area contributed by atoms with Gasteiger partial charge < -0.3 is 14.3 Å². The van der Waals surface area contributed by atoms with Gasteiger partial charge in [0.1, 0.15) is 17.1 Å². The van der Waals surface area contributed by atoms with E-state index in [0.717, 1.165) is 0 Å². The third kappa shape index (κ3) is 1.90. The molecule has 0 radical (unpaired) electrons. The topological polar surface area (TPSA) is 76.7 Å². The molecule has 1 aromatic rings. The average Bonchev–Trinajstić information content (AvgIpc) is 2.54. The summed E-state index contributed by atoms with van der Waals surface area (Å²) in [5, 5.41) is 11.7. The number of hydrogen-bond acceptors (Lipinski definition) is 5. The first-order valence-electron chi connectivity index (χ1n) is 9.23. The minimum atomic E-state index is -1.19. The molecule has 3 aliphatic rings. The maximum atomic E-state index is 13.1. The zero-order valence-electron chi connectivity index (χ0n) is 16.0. The van der Waals surface area contributed by atoms with E-state index in [2.05, 4.69) is 0 Å². The van der Waals surface area contributed by atoms with Crippen LogP contribution in [0.15, 0.2) is 27.4 Å². The molecule has 0 amide bonds. The van der Waals surface area contributed by atoms with Gasteiger partial charge in [-0.1, -0.05) is 19.9 Å². The number of aryl methyl sites for hydroxylation is 1. The molecule has 0 aromatic carbocycles. The molecule has 1 saturated carbocycles. The molecule has 140 valence electrons. The molecule has 0 bridgehead atoms. The van der Waals surface area contributed by atoms with E-state index in [-0.39, 0.29) is 11.7 Å². The van der Waals surface area contributed by atoms with Gasteiger partial charge in [0.15, 0.2) is 5.78 Å². The summed E-state index contributed by atoms with van der Waals surface area (Å²) in [6, 6.07) is 1.74. The van der Waals surface area contributed by atoms with Crippen LogP contribution in [0.2, 0.25) is 0 Å². The second kappa shape index (κ2) is 4.89. The summed E-state index contributed by atoms with van der Waals surface area (Å²) in [4.78, 5) is 25.5. The second-order valence-electron chi connectivity index (χ2n) is 9.14. The van der Waals surface area contributed by atoms with Crippen LogP contribution < -0.4 is 10.4 Å². The van der Waals surface area contributed by atoms with Crippen LogP contribution in [0.3, 0.4) is 0 Å². The van der Waals surface area contributed by atoms with Gasteiger partial charge in [0.25, 0.3) is 0 Å². The monoisotopic (exact) mass is 358 g/mol. The summed E-state index contributed by atoms with van der Waals surface area (Å²) in [6.07, 6.45) is 4.85. The van der Waals surface area contributed by atoms with Crippen LogP contribution in [0.4, 0.5) is 0 Å². The molecule has 4 rings (SSSR count). The average molecular weight is 358 g/mol. The van der Waals surface area contributed by atoms with Crippen LogP contribution in [-0.4, -0.2) is 22.1 Å². The van der Waals surface area contributed by atoms with Gasteiger partial charge >= 0.3 is 5.63 Å². The summed E-state index contributed by atoms with van der Waals surface area (Å²) < 4.78 is 11.6. The van der Waals surface area contributed by atoms with Crippen molar-refractivity contribution in [3.8, 4) is 5.75 Å². The summed E-state index contributed by atoms with van der Waals surface area (Å²) in [5.74, 6) is 0.638. The zero-order valence-corrected chi connectivity index (χ0v) is 16.0. The molecule has 1 aliphatic heterocycles. The molecule has 4 atom stereocenters. The van der Waals surface area contributed by atoms with Crippen molar-refractivity contribution >= 4 is 5.78 Å². The number of carbonyl (C=O) groups excluding carboxylic acids is 1. The van der Waals surface area contributed by atoms with Crippen molar-refractivity contribution in [1.82, 2.24) is 0 Å². The first-order chi connectivity index (χ1) is 11.9. The third-order valence-corrected chi connectivity index (χ3v) is 7.39. The molecule has 0 unspecified atom stereocenters. The molecule has 2 heterocycles. The molecule has 26 heavy (non-hydrogen) atoms. The summed E-state index contributed by atoms with van der Waals surface area (Å²) >= 11 is 0. The SMILES string of the molecule is Cc1cc2c(c(=O)o1)C[C@H]1[C@@](C)(CC[C@]3(O)C(C)(C)C=CC(=O)[C@]13C)O2. The molecule has 0 spiro atoms. The molecule has 1 aromatic heterocycles. The van der Waals surface area contributed by atoms with Crippen molar-refractivity contribution in [1.29, 1.82) is 0 Å². The highest BCUT2D eigenvalue weighted by Crippen LogP contribution is 2.63. The van der Waals surface area contributed by atoms with Crippen LogP contribution >= 0.6 is 0 Å². The standard InChI is InChI=1S/C21H26O5/c1-12-10-14-13(17(23)25-12)11-15-19(4,26-14)8-9-21(24)18(2,3)7-6-16(22)20(15,21)5/h6-7,10,15,24H,8-9,11H2,1-5H3/t15-,19+,20-,21-/m0/s1. The van der Waals surface area contributed by atoms with E-state index >= 15 is 0 Å². The van der Waals surface area contributed by atoms with Crippen LogP contribution in [0.5, 0.6) is 5.75 Å². The minimum absolute atomic E-state index is 0.0983. The number of fused-ring (bicyclic) bond motifs is 4. The Morgan fingerprint density at radius 1 is 1.15 bits per heavy atom. The Balaban J connectivity index is 1.93. The van der Waals surface area contributed by atoms with Crippen LogP contribution in [0.25, 0.3) is 0 Å². The maximum absolute atomic E-state index is 13.1. The largest absolute Gasteiger partial charge is 0.487 e. The highest BCUT2D eigenvalue weighted by atomic mass is 16.5. The molecule has 1 N–H and O–H groups in total. The Morgan fingerprint density at radius 3 is 2.54 bits per heavy atom. The maximum Gasteiger partial charge on any atom is 0.342 e. The molecule has 1 fully saturated rings. The summed E-state index contributed by atoms with van der Waals surface area (Å²) in [6.45, 7) is 9.48. The molecular formula is C21H26O5. The molecule has 2 aliphatic carbocycles. The first-order valence-corrected chi connectivity index (χ1v) is 9.23. The van der Waals surface area contributed by atoms with Gasteiger partial charge in [-0.25, -0.2) is 4.79 Å². The summed E-state index contributed by atoms with van der Waals surface area (Å²) in [5.41, 5.74) is -3.35. The van der Waals surface area contributed by atoms with E-state index < -0.39 is 27.7 Å². The normalized spacial score (nSPS) is 40.2. The Bertz CT molecular complexity index is 894. The smallest absolute Gasteiger partial charge is 0.342 e. The second-order valence-corrected chi connectivity index (χ2v) is 9.14. The first kappa shape index (κ1) is 17.5. The van der Waals surface area contributed by atoms with E-state index in [9.17, 15) is 14.7 Å².